The Morgan fingerprint density at radius 1 is 1.32 bits per heavy atom. The van der Waals surface area contributed by atoms with Crippen molar-refractivity contribution < 1.29 is 13.9 Å². The van der Waals surface area contributed by atoms with E-state index in [0.717, 1.165) is 22.2 Å². The Hall–Kier alpha value is -2.12. The van der Waals surface area contributed by atoms with E-state index in [-0.39, 0.29) is 11.7 Å². The van der Waals surface area contributed by atoms with E-state index in [4.69, 9.17) is 9.15 Å². The van der Waals surface area contributed by atoms with Gasteiger partial charge in [0.2, 0.25) is 0 Å². The minimum absolute atomic E-state index is 0.111. The van der Waals surface area contributed by atoms with Gasteiger partial charge in [-0.15, -0.1) is 21.5 Å². The number of nitrogens with zero attached hydrogens (tertiary/aromatic N) is 2. The van der Waals surface area contributed by atoms with Crippen LogP contribution in [0.1, 0.15) is 5.56 Å². The van der Waals surface area contributed by atoms with Gasteiger partial charge in [-0.2, -0.15) is 0 Å². The number of carbonyl (C=O) groups excluding carboxylic acids is 1. The summed E-state index contributed by atoms with van der Waals surface area (Å²) in [5.41, 5.74) is 1.04. The summed E-state index contributed by atoms with van der Waals surface area (Å²) >= 11 is 2.68. The Morgan fingerprint density at radius 3 is 3.00 bits per heavy atom. The molecule has 0 saturated heterocycles. The summed E-state index contributed by atoms with van der Waals surface area (Å²) in [5, 5.41) is 10.2. The summed E-state index contributed by atoms with van der Waals surface area (Å²) in [6.45, 7) is 1.94. The van der Waals surface area contributed by atoms with E-state index in [1.54, 1.807) is 6.07 Å². The fourth-order valence-corrected chi connectivity index (χ4v) is 2.91. The van der Waals surface area contributed by atoms with Crippen LogP contribution < -0.4 is 4.74 Å². The summed E-state index contributed by atoms with van der Waals surface area (Å²) in [5.74, 6) is 0.756. The van der Waals surface area contributed by atoms with E-state index in [2.05, 4.69) is 10.2 Å². The molecule has 0 N–H and O–H groups in total. The Balaban J connectivity index is 1.55. The van der Waals surface area contributed by atoms with Gasteiger partial charge in [0.1, 0.15) is 11.5 Å². The SMILES string of the molecule is Cc1cccc(OC(=O)CSc2nnc(-c3cccs3)o2)c1. The van der Waals surface area contributed by atoms with Crippen LogP contribution in [0.4, 0.5) is 0 Å². The number of hydrogen-bond donors (Lipinski definition) is 0. The summed E-state index contributed by atoms with van der Waals surface area (Å²) < 4.78 is 10.7. The zero-order chi connectivity index (χ0) is 15.4. The van der Waals surface area contributed by atoms with Crippen molar-refractivity contribution in [1.29, 1.82) is 0 Å². The lowest BCUT2D eigenvalue weighted by Crippen LogP contribution is -2.10. The molecule has 0 bridgehead atoms. The predicted octanol–water partition coefficient (Wildman–Crippen LogP) is 3.80. The number of aryl methyl sites for hydroxylation is 1. The van der Waals surface area contributed by atoms with Crippen molar-refractivity contribution in [3.05, 3.63) is 47.3 Å². The predicted molar refractivity (Wildman–Crippen MR) is 85.1 cm³/mol. The molecule has 3 aromatic rings. The highest BCUT2D eigenvalue weighted by Crippen LogP contribution is 2.26. The highest BCUT2D eigenvalue weighted by molar-refractivity contribution is 7.99. The standard InChI is InChI=1S/C15H12N2O3S2/c1-10-4-2-5-11(8-10)19-13(18)9-22-15-17-16-14(20-15)12-6-3-7-21-12/h2-8H,9H2,1H3. The van der Waals surface area contributed by atoms with Gasteiger partial charge in [0.05, 0.1) is 4.88 Å². The van der Waals surface area contributed by atoms with Gasteiger partial charge < -0.3 is 9.15 Å². The van der Waals surface area contributed by atoms with Crippen molar-refractivity contribution in [2.24, 2.45) is 0 Å². The van der Waals surface area contributed by atoms with Gasteiger partial charge >= 0.3 is 5.97 Å². The van der Waals surface area contributed by atoms with Gasteiger partial charge in [-0.1, -0.05) is 30.0 Å². The zero-order valence-electron chi connectivity index (χ0n) is 11.7. The molecule has 0 radical (unpaired) electrons. The monoisotopic (exact) mass is 332 g/mol. The molecule has 112 valence electrons. The summed E-state index contributed by atoms with van der Waals surface area (Å²) in [6.07, 6.45) is 0. The number of thiophene rings is 1. The number of benzene rings is 1. The van der Waals surface area contributed by atoms with Gasteiger partial charge in [-0.05, 0) is 36.1 Å². The second-order valence-electron chi connectivity index (χ2n) is 4.43. The summed E-state index contributed by atoms with van der Waals surface area (Å²) in [6, 6.07) is 11.2. The molecule has 1 aromatic carbocycles. The maximum absolute atomic E-state index is 11.8. The molecule has 22 heavy (non-hydrogen) atoms. The van der Waals surface area contributed by atoms with Gasteiger partial charge in [0.15, 0.2) is 0 Å². The van der Waals surface area contributed by atoms with Crippen molar-refractivity contribution in [3.63, 3.8) is 0 Å². The van der Waals surface area contributed by atoms with Crippen molar-refractivity contribution in [2.45, 2.75) is 12.1 Å². The molecule has 0 aliphatic rings. The lowest BCUT2D eigenvalue weighted by Gasteiger charge is -2.03. The Labute approximate surface area is 135 Å². The minimum atomic E-state index is -0.355. The van der Waals surface area contributed by atoms with Crippen LogP contribution in [0.3, 0.4) is 0 Å². The van der Waals surface area contributed by atoms with Gasteiger partial charge in [0, 0.05) is 0 Å². The van der Waals surface area contributed by atoms with Crippen molar-refractivity contribution >= 4 is 29.1 Å². The fourth-order valence-electron chi connectivity index (χ4n) is 1.73. The van der Waals surface area contributed by atoms with Crippen molar-refractivity contribution in [3.8, 4) is 16.5 Å². The van der Waals surface area contributed by atoms with Crippen LogP contribution in [0, 0.1) is 6.92 Å². The highest BCUT2D eigenvalue weighted by Gasteiger charge is 2.12. The molecule has 7 heteroatoms. The van der Waals surface area contributed by atoms with E-state index in [1.807, 2.05) is 42.6 Å². The van der Waals surface area contributed by atoms with E-state index < -0.39 is 0 Å². The van der Waals surface area contributed by atoms with Crippen LogP contribution in [0.2, 0.25) is 0 Å². The first-order valence-corrected chi connectivity index (χ1v) is 8.35. The second kappa shape index (κ2) is 6.76. The Kier molecular flexibility index (Phi) is 4.55. The minimum Gasteiger partial charge on any atom is -0.426 e. The molecule has 0 aliphatic heterocycles. The molecule has 3 rings (SSSR count). The number of esters is 1. The lowest BCUT2D eigenvalue weighted by atomic mass is 10.2. The molecule has 2 aromatic heterocycles. The fraction of sp³-hybridized carbons (Fsp3) is 0.133. The van der Waals surface area contributed by atoms with Crippen LogP contribution in [-0.2, 0) is 4.79 Å². The number of thioether (sulfide) groups is 1. The molecule has 0 spiro atoms. The number of ether oxygens (including phenoxy) is 1. The molecule has 0 amide bonds. The molecule has 0 fully saturated rings. The van der Waals surface area contributed by atoms with Crippen LogP contribution in [0.5, 0.6) is 5.75 Å². The molecule has 5 nitrogen and oxygen atoms in total. The molecule has 0 unspecified atom stereocenters. The maximum Gasteiger partial charge on any atom is 0.321 e. The topological polar surface area (TPSA) is 65.2 Å². The molecular formula is C15H12N2O3S2. The number of rotatable bonds is 5. The normalized spacial score (nSPS) is 10.6. The number of aromatic nitrogens is 2. The molecule has 0 aliphatic carbocycles. The largest absolute Gasteiger partial charge is 0.426 e. The number of carbonyl (C=O) groups is 1. The number of hydrogen-bond acceptors (Lipinski definition) is 7. The zero-order valence-corrected chi connectivity index (χ0v) is 13.3. The molecule has 0 saturated carbocycles. The summed E-state index contributed by atoms with van der Waals surface area (Å²) in [4.78, 5) is 12.7. The summed E-state index contributed by atoms with van der Waals surface area (Å²) in [7, 11) is 0. The first-order chi connectivity index (χ1) is 10.7. The quantitative estimate of drug-likeness (QED) is 0.402. The lowest BCUT2D eigenvalue weighted by molar-refractivity contribution is -0.131. The third-order valence-electron chi connectivity index (χ3n) is 2.67. The Morgan fingerprint density at radius 2 is 2.23 bits per heavy atom. The molecule has 2 heterocycles. The van der Waals surface area contributed by atoms with Crippen LogP contribution >= 0.6 is 23.1 Å². The van der Waals surface area contributed by atoms with Gasteiger partial charge in [0.25, 0.3) is 11.1 Å². The first-order valence-electron chi connectivity index (χ1n) is 6.48. The average molecular weight is 332 g/mol. The van der Waals surface area contributed by atoms with E-state index in [9.17, 15) is 4.79 Å². The Bertz CT molecular complexity index is 769. The first kappa shape index (κ1) is 14.8. The van der Waals surface area contributed by atoms with Crippen molar-refractivity contribution in [1.82, 2.24) is 10.2 Å². The smallest absolute Gasteiger partial charge is 0.321 e. The third-order valence-corrected chi connectivity index (χ3v) is 4.32. The van der Waals surface area contributed by atoms with Crippen LogP contribution in [-0.4, -0.2) is 21.9 Å². The average Bonchev–Trinajstić information content (AvgIpc) is 3.16. The third kappa shape index (κ3) is 3.75. The van der Waals surface area contributed by atoms with Crippen molar-refractivity contribution in [2.75, 3.05) is 5.75 Å². The van der Waals surface area contributed by atoms with Crippen LogP contribution in [0.15, 0.2) is 51.4 Å². The highest BCUT2D eigenvalue weighted by atomic mass is 32.2. The van der Waals surface area contributed by atoms with E-state index in [1.165, 1.54) is 11.3 Å². The van der Waals surface area contributed by atoms with Gasteiger partial charge in [-0.25, -0.2) is 0 Å². The molecule has 0 atom stereocenters. The van der Waals surface area contributed by atoms with E-state index >= 15 is 0 Å². The molecular weight excluding hydrogens is 320 g/mol. The van der Waals surface area contributed by atoms with Gasteiger partial charge in [-0.3, -0.25) is 4.79 Å². The second-order valence-corrected chi connectivity index (χ2v) is 6.30. The van der Waals surface area contributed by atoms with Crippen LogP contribution in [0.25, 0.3) is 10.8 Å². The van der Waals surface area contributed by atoms with E-state index in [0.29, 0.717) is 16.9 Å². The maximum atomic E-state index is 11.8.